The van der Waals surface area contributed by atoms with Gasteiger partial charge in [-0.15, -0.1) is 11.3 Å². The molecule has 0 radical (unpaired) electrons. The molecule has 8 nitrogen and oxygen atoms in total. The first-order valence-corrected chi connectivity index (χ1v) is 9.62. The highest BCUT2D eigenvalue weighted by Gasteiger charge is 2.23. The molecule has 0 amide bonds. The van der Waals surface area contributed by atoms with Crippen molar-refractivity contribution in [1.82, 2.24) is 14.9 Å². The van der Waals surface area contributed by atoms with Gasteiger partial charge in [0.05, 0.1) is 28.2 Å². The van der Waals surface area contributed by atoms with Crippen LogP contribution in [0.4, 0.5) is 5.69 Å². The minimum atomic E-state index is -0.450. The molecule has 0 fully saturated rings. The van der Waals surface area contributed by atoms with E-state index in [-0.39, 0.29) is 17.0 Å². The molecule has 0 atom stereocenters. The standard InChI is InChI=1S/C19H18N4O4S/c1-27-16-5-4-12(9-15(16)23(25)26)10-22-7-6-14-13(11-22)19(24)21-18(20-14)17-3-2-8-28-17/h2-5,8-9H,6-7,10-11H2,1H3,(H,20,21,24). The van der Waals surface area contributed by atoms with Gasteiger partial charge in [0.25, 0.3) is 5.56 Å². The number of fused-ring (bicyclic) bond motifs is 1. The first-order valence-electron chi connectivity index (χ1n) is 8.75. The summed E-state index contributed by atoms with van der Waals surface area (Å²) in [6.45, 7) is 1.70. The second-order valence-corrected chi connectivity index (χ2v) is 7.49. The van der Waals surface area contributed by atoms with Crippen LogP contribution in [-0.4, -0.2) is 33.4 Å². The number of nitro benzene ring substituents is 1. The maximum absolute atomic E-state index is 12.6. The van der Waals surface area contributed by atoms with E-state index in [0.717, 1.165) is 22.7 Å². The van der Waals surface area contributed by atoms with Gasteiger partial charge in [-0.25, -0.2) is 4.98 Å². The number of thiophene rings is 1. The smallest absolute Gasteiger partial charge is 0.311 e. The van der Waals surface area contributed by atoms with E-state index in [9.17, 15) is 14.9 Å². The molecule has 0 aliphatic carbocycles. The number of benzene rings is 1. The fourth-order valence-corrected chi connectivity index (χ4v) is 4.05. The van der Waals surface area contributed by atoms with Crippen LogP contribution in [0.1, 0.15) is 16.8 Å². The van der Waals surface area contributed by atoms with E-state index < -0.39 is 4.92 Å². The Balaban J connectivity index is 1.56. The molecule has 1 N–H and O–H groups in total. The molecule has 4 rings (SSSR count). The zero-order chi connectivity index (χ0) is 19.7. The highest BCUT2D eigenvalue weighted by Crippen LogP contribution is 2.29. The minimum Gasteiger partial charge on any atom is -0.490 e. The monoisotopic (exact) mass is 398 g/mol. The summed E-state index contributed by atoms with van der Waals surface area (Å²) < 4.78 is 5.05. The number of hydrogen-bond acceptors (Lipinski definition) is 7. The quantitative estimate of drug-likeness (QED) is 0.524. The fourth-order valence-electron chi connectivity index (χ4n) is 3.38. The fraction of sp³-hybridized carbons (Fsp3) is 0.263. The third-order valence-corrected chi connectivity index (χ3v) is 5.62. The third kappa shape index (κ3) is 3.54. The maximum atomic E-state index is 12.6. The maximum Gasteiger partial charge on any atom is 0.311 e. The topological polar surface area (TPSA) is 101 Å². The number of nitro groups is 1. The summed E-state index contributed by atoms with van der Waals surface area (Å²) in [5.41, 5.74) is 2.10. The zero-order valence-corrected chi connectivity index (χ0v) is 16.0. The molecule has 3 heterocycles. The van der Waals surface area contributed by atoms with E-state index in [0.29, 0.717) is 30.9 Å². The van der Waals surface area contributed by atoms with Crippen LogP contribution in [0.15, 0.2) is 40.5 Å². The van der Waals surface area contributed by atoms with E-state index >= 15 is 0 Å². The number of hydrogen-bond donors (Lipinski definition) is 1. The Bertz CT molecular complexity index is 1080. The van der Waals surface area contributed by atoms with Crippen molar-refractivity contribution < 1.29 is 9.66 Å². The van der Waals surface area contributed by atoms with Gasteiger partial charge in [0.2, 0.25) is 0 Å². The number of aromatic amines is 1. The van der Waals surface area contributed by atoms with Gasteiger partial charge < -0.3 is 9.72 Å². The highest BCUT2D eigenvalue weighted by molar-refractivity contribution is 7.13. The molecule has 1 aliphatic rings. The van der Waals surface area contributed by atoms with Gasteiger partial charge >= 0.3 is 5.69 Å². The summed E-state index contributed by atoms with van der Waals surface area (Å²) in [5.74, 6) is 0.845. The SMILES string of the molecule is COc1ccc(CN2CCc3nc(-c4cccs4)[nH]c(=O)c3C2)cc1[N+](=O)[O-]. The van der Waals surface area contributed by atoms with Gasteiger partial charge in [-0.05, 0) is 23.1 Å². The van der Waals surface area contributed by atoms with Crippen molar-refractivity contribution in [3.8, 4) is 16.5 Å². The number of methoxy groups -OCH3 is 1. The highest BCUT2D eigenvalue weighted by atomic mass is 32.1. The molecule has 9 heteroatoms. The van der Waals surface area contributed by atoms with Crippen molar-refractivity contribution in [2.24, 2.45) is 0 Å². The second-order valence-electron chi connectivity index (χ2n) is 6.54. The molecule has 0 saturated heterocycles. The number of nitrogens with one attached hydrogen (secondary N) is 1. The van der Waals surface area contributed by atoms with Crippen LogP contribution in [0.3, 0.4) is 0 Å². The molecule has 0 saturated carbocycles. The minimum absolute atomic E-state index is 0.0579. The normalized spacial score (nSPS) is 13.9. The van der Waals surface area contributed by atoms with E-state index in [1.165, 1.54) is 24.5 Å². The first kappa shape index (κ1) is 18.3. The molecule has 0 unspecified atom stereocenters. The summed E-state index contributed by atoms with van der Waals surface area (Å²) in [6.07, 6.45) is 0.663. The molecule has 2 aromatic heterocycles. The van der Waals surface area contributed by atoms with Gasteiger partial charge in [-0.3, -0.25) is 19.8 Å². The van der Waals surface area contributed by atoms with Crippen LogP contribution in [0.25, 0.3) is 10.7 Å². The summed E-state index contributed by atoms with van der Waals surface area (Å²) in [6, 6.07) is 8.80. The van der Waals surface area contributed by atoms with Crippen LogP contribution in [0, 0.1) is 10.1 Å². The number of ether oxygens (including phenoxy) is 1. The van der Waals surface area contributed by atoms with Gasteiger partial charge in [0.15, 0.2) is 11.6 Å². The van der Waals surface area contributed by atoms with Crippen molar-refractivity contribution in [2.75, 3.05) is 13.7 Å². The Hall–Kier alpha value is -3.04. The lowest BCUT2D eigenvalue weighted by Gasteiger charge is -2.27. The average Bonchev–Trinajstić information content (AvgIpc) is 3.23. The molecule has 3 aromatic rings. The summed E-state index contributed by atoms with van der Waals surface area (Å²) in [4.78, 5) is 33.9. The predicted octanol–water partition coefficient (Wildman–Crippen LogP) is 2.97. The third-order valence-electron chi connectivity index (χ3n) is 4.75. The molecule has 1 aliphatic heterocycles. The van der Waals surface area contributed by atoms with Crippen LogP contribution in [0.2, 0.25) is 0 Å². The van der Waals surface area contributed by atoms with Crippen molar-refractivity contribution in [3.63, 3.8) is 0 Å². The zero-order valence-electron chi connectivity index (χ0n) is 15.2. The largest absolute Gasteiger partial charge is 0.490 e. The van der Waals surface area contributed by atoms with Crippen LogP contribution >= 0.6 is 11.3 Å². The molecule has 144 valence electrons. The molecular weight excluding hydrogens is 380 g/mol. The Morgan fingerprint density at radius 1 is 1.39 bits per heavy atom. The molecule has 0 bridgehead atoms. The van der Waals surface area contributed by atoms with E-state index in [1.807, 2.05) is 23.6 Å². The second kappa shape index (κ2) is 7.53. The molecule has 28 heavy (non-hydrogen) atoms. The van der Waals surface area contributed by atoms with Crippen molar-refractivity contribution in [1.29, 1.82) is 0 Å². The van der Waals surface area contributed by atoms with Crippen LogP contribution in [-0.2, 0) is 19.5 Å². The Morgan fingerprint density at radius 3 is 2.96 bits per heavy atom. The molecule has 0 spiro atoms. The van der Waals surface area contributed by atoms with E-state index in [1.54, 1.807) is 6.07 Å². The van der Waals surface area contributed by atoms with Crippen molar-refractivity contribution in [3.05, 3.63) is 73.0 Å². The van der Waals surface area contributed by atoms with Gasteiger partial charge in [0.1, 0.15) is 0 Å². The number of H-pyrrole nitrogens is 1. The van der Waals surface area contributed by atoms with Crippen molar-refractivity contribution in [2.45, 2.75) is 19.5 Å². The van der Waals surface area contributed by atoms with Crippen LogP contribution in [0.5, 0.6) is 5.75 Å². The lowest BCUT2D eigenvalue weighted by Crippen LogP contribution is -2.35. The van der Waals surface area contributed by atoms with Crippen molar-refractivity contribution >= 4 is 17.0 Å². The number of nitrogens with zero attached hydrogens (tertiary/aromatic N) is 3. The van der Waals surface area contributed by atoms with E-state index in [2.05, 4.69) is 14.9 Å². The molecule has 1 aromatic carbocycles. The molecular formula is C19H18N4O4S. The average molecular weight is 398 g/mol. The number of aromatic nitrogens is 2. The van der Waals surface area contributed by atoms with Gasteiger partial charge in [-0.1, -0.05) is 12.1 Å². The Morgan fingerprint density at radius 2 is 2.25 bits per heavy atom. The van der Waals surface area contributed by atoms with Crippen LogP contribution < -0.4 is 10.3 Å². The first-order chi connectivity index (χ1) is 13.5. The summed E-state index contributed by atoms with van der Waals surface area (Å²) >= 11 is 1.54. The lowest BCUT2D eigenvalue weighted by molar-refractivity contribution is -0.385. The predicted molar refractivity (Wildman–Crippen MR) is 106 cm³/mol. The Kier molecular flexibility index (Phi) is 4.93. The number of rotatable bonds is 5. The van der Waals surface area contributed by atoms with Gasteiger partial charge in [-0.2, -0.15) is 0 Å². The summed E-state index contributed by atoms with van der Waals surface area (Å²) in [5, 5.41) is 13.2. The van der Waals surface area contributed by atoms with Gasteiger partial charge in [0, 0.05) is 32.1 Å². The lowest BCUT2D eigenvalue weighted by atomic mass is 10.1. The van der Waals surface area contributed by atoms with E-state index in [4.69, 9.17) is 4.74 Å². The summed E-state index contributed by atoms with van der Waals surface area (Å²) in [7, 11) is 1.41. The Labute approximate surface area is 164 Å².